The molecule has 15 heavy (non-hydrogen) atoms. The van der Waals surface area contributed by atoms with Gasteiger partial charge in [-0.2, -0.15) is 0 Å². The fraction of sp³-hybridized carbons (Fsp3) is 0.385. The molecule has 0 spiro atoms. The first kappa shape index (κ1) is 12.0. The minimum Gasteiger partial charge on any atom is -0.406 e. The molecule has 0 heterocycles. The van der Waals surface area contributed by atoms with Crippen LogP contribution in [0, 0.1) is 11.5 Å². The monoisotopic (exact) mass is 218 g/mol. The predicted molar refractivity (Wildman–Crippen MR) is 67.0 cm³/mol. The van der Waals surface area contributed by atoms with Crippen molar-refractivity contribution in [2.45, 2.75) is 26.4 Å². The van der Waals surface area contributed by atoms with E-state index in [4.69, 9.17) is 4.43 Å². The van der Waals surface area contributed by atoms with Gasteiger partial charge in [-0.1, -0.05) is 35.9 Å². The number of benzene rings is 1. The van der Waals surface area contributed by atoms with Gasteiger partial charge in [-0.15, -0.1) is 5.92 Å². The second-order valence-electron chi connectivity index (χ2n) is 3.91. The Morgan fingerprint density at radius 3 is 2.47 bits per heavy atom. The summed E-state index contributed by atoms with van der Waals surface area (Å²) in [5, 5.41) is 0. The molecule has 80 valence electrons. The molecule has 0 unspecified atom stereocenters. The first-order chi connectivity index (χ1) is 7.14. The van der Waals surface area contributed by atoms with Gasteiger partial charge in [-0.05, 0) is 25.6 Å². The van der Waals surface area contributed by atoms with Crippen LogP contribution in [0.25, 0.3) is 0 Å². The third-order valence-corrected chi connectivity index (χ3v) is 3.82. The summed E-state index contributed by atoms with van der Waals surface area (Å²) in [5.74, 6) is 3.21. The standard InChI is InChI=1S/C13H18OSi/c1-4-14-15(2,3)12-8-11-13-9-6-5-7-10-13/h5-7,9-10H,4,11H2,1-3H3. The van der Waals surface area contributed by atoms with Gasteiger partial charge in [0.2, 0.25) is 0 Å². The average molecular weight is 218 g/mol. The minimum absolute atomic E-state index is 0.763. The van der Waals surface area contributed by atoms with Gasteiger partial charge in [0.25, 0.3) is 8.32 Å². The SMILES string of the molecule is CCO[Si](C)(C)C#CCc1ccccc1. The van der Waals surface area contributed by atoms with Crippen molar-refractivity contribution in [3.05, 3.63) is 35.9 Å². The fourth-order valence-electron chi connectivity index (χ4n) is 1.35. The summed E-state index contributed by atoms with van der Waals surface area (Å²) in [5.41, 5.74) is 4.54. The highest BCUT2D eigenvalue weighted by molar-refractivity contribution is 6.79. The summed E-state index contributed by atoms with van der Waals surface area (Å²) in [7, 11) is -1.72. The molecule has 0 atom stereocenters. The molecule has 1 rings (SSSR count). The van der Waals surface area contributed by atoms with E-state index in [1.165, 1.54) is 5.56 Å². The van der Waals surface area contributed by atoms with Crippen molar-refractivity contribution < 1.29 is 4.43 Å². The molecule has 0 aromatic heterocycles. The Labute approximate surface area is 93.6 Å². The highest BCUT2D eigenvalue weighted by Crippen LogP contribution is 2.03. The van der Waals surface area contributed by atoms with Gasteiger partial charge >= 0.3 is 0 Å². The molecule has 0 fully saturated rings. The van der Waals surface area contributed by atoms with Gasteiger partial charge in [-0.3, -0.25) is 0 Å². The first-order valence-electron chi connectivity index (χ1n) is 5.32. The van der Waals surface area contributed by atoms with Crippen LogP contribution in [0.4, 0.5) is 0 Å². The maximum atomic E-state index is 5.63. The lowest BCUT2D eigenvalue weighted by atomic mass is 10.2. The summed E-state index contributed by atoms with van der Waals surface area (Å²) in [6.07, 6.45) is 0.824. The third-order valence-electron chi connectivity index (χ3n) is 2.03. The molecular weight excluding hydrogens is 200 g/mol. The minimum atomic E-state index is -1.72. The van der Waals surface area contributed by atoms with Crippen LogP contribution in [-0.4, -0.2) is 14.9 Å². The van der Waals surface area contributed by atoms with Crippen LogP contribution in [0.2, 0.25) is 13.1 Å². The summed E-state index contributed by atoms with van der Waals surface area (Å²) in [6, 6.07) is 10.3. The molecule has 0 bridgehead atoms. The largest absolute Gasteiger partial charge is 0.406 e. The summed E-state index contributed by atoms with van der Waals surface area (Å²) in [6.45, 7) is 7.05. The fourth-order valence-corrected chi connectivity index (χ4v) is 2.66. The lowest BCUT2D eigenvalue weighted by Crippen LogP contribution is -2.28. The molecule has 0 aliphatic carbocycles. The second kappa shape index (κ2) is 5.74. The highest BCUT2D eigenvalue weighted by Gasteiger charge is 2.17. The van der Waals surface area contributed by atoms with Gasteiger partial charge < -0.3 is 4.43 Å². The molecule has 2 heteroatoms. The van der Waals surface area contributed by atoms with Crippen LogP contribution >= 0.6 is 0 Å². The number of hydrogen-bond acceptors (Lipinski definition) is 1. The maximum absolute atomic E-state index is 5.63. The van der Waals surface area contributed by atoms with Crippen molar-refractivity contribution in [1.29, 1.82) is 0 Å². The van der Waals surface area contributed by atoms with E-state index in [1.54, 1.807) is 0 Å². The average Bonchev–Trinajstić information content (AvgIpc) is 2.19. The molecule has 1 nitrogen and oxygen atoms in total. The molecular formula is C13H18OSi. The lowest BCUT2D eigenvalue weighted by Gasteiger charge is -2.13. The van der Waals surface area contributed by atoms with Crippen molar-refractivity contribution >= 4 is 8.32 Å². The quantitative estimate of drug-likeness (QED) is 0.560. The van der Waals surface area contributed by atoms with Gasteiger partial charge in [0.05, 0.1) is 0 Å². The normalized spacial score (nSPS) is 10.6. The van der Waals surface area contributed by atoms with Gasteiger partial charge in [-0.25, -0.2) is 0 Å². The van der Waals surface area contributed by atoms with Gasteiger partial charge in [0, 0.05) is 13.0 Å². The van der Waals surface area contributed by atoms with E-state index in [0.717, 1.165) is 13.0 Å². The number of hydrogen-bond donors (Lipinski definition) is 0. The van der Waals surface area contributed by atoms with Crippen LogP contribution in [0.3, 0.4) is 0 Å². The van der Waals surface area contributed by atoms with E-state index < -0.39 is 8.32 Å². The van der Waals surface area contributed by atoms with E-state index in [9.17, 15) is 0 Å². The van der Waals surface area contributed by atoms with Crippen LogP contribution < -0.4 is 0 Å². The van der Waals surface area contributed by atoms with Crippen LogP contribution in [0.15, 0.2) is 30.3 Å². The first-order valence-corrected chi connectivity index (χ1v) is 8.23. The van der Waals surface area contributed by atoms with Gasteiger partial charge in [0.15, 0.2) is 0 Å². The highest BCUT2D eigenvalue weighted by atomic mass is 28.4. The molecule has 0 aliphatic rings. The zero-order chi connectivity index (χ0) is 11.1. The Bertz CT molecular complexity index is 346. The Hall–Kier alpha value is -1.04. The predicted octanol–water partition coefficient (Wildman–Crippen LogP) is 3.01. The summed E-state index contributed by atoms with van der Waals surface area (Å²) < 4.78 is 5.63. The topological polar surface area (TPSA) is 9.23 Å². The van der Waals surface area contributed by atoms with E-state index in [2.05, 4.69) is 36.7 Å². The molecule has 0 radical (unpaired) electrons. The molecule has 0 N–H and O–H groups in total. The second-order valence-corrected chi connectivity index (χ2v) is 7.47. The van der Waals surface area contributed by atoms with E-state index in [0.29, 0.717) is 0 Å². The van der Waals surface area contributed by atoms with E-state index >= 15 is 0 Å². The lowest BCUT2D eigenvalue weighted by molar-refractivity contribution is 0.340. The van der Waals surface area contributed by atoms with E-state index in [1.807, 2.05) is 25.1 Å². The Balaban J connectivity index is 2.53. The van der Waals surface area contributed by atoms with Gasteiger partial charge in [0.1, 0.15) is 0 Å². The summed E-state index contributed by atoms with van der Waals surface area (Å²) >= 11 is 0. The third kappa shape index (κ3) is 4.82. The Morgan fingerprint density at radius 1 is 1.20 bits per heavy atom. The Morgan fingerprint density at radius 2 is 1.87 bits per heavy atom. The molecule has 0 aliphatic heterocycles. The molecule has 1 aromatic rings. The molecule has 0 amide bonds. The zero-order valence-electron chi connectivity index (χ0n) is 9.71. The molecule has 0 saturated carbocycles. The maximum Gasteiger partial charge on any atom is 0.265 e. The smallest absolute Gasteiger partial charge is 0.265 e. The number of rotatable bonds is 3. The van der Waals surface area contributed by atoms with Crippen molar-refractivity contribution in [1.82, 2.24) is 0 Å². The summed E-state index contributed by atoms with van der Waals surface area (Å²) in [4.78, 5) is 0. The van der Waals surface area contributed by atoms with Crippen molar-refractivity contribution in [3.8, 4) is 11.5 Å². The van der Waals surface area contributed by atoms with Crippen molar-refractivity contribution in [2.24, 2.45) is 0 Å². The van der Waals surface area contributed by atoms with Crippen molar-refractivity contribution in [2.75, 3.05) is 6.61 Å². The van der Waals surface area contributed by atoms with Crippen LogP contribution in [-0.2, 0) is 10.8 Å². The van der Waals surface area contributed by atoms with Crippen LogP contribution in [0.5, 0.6) is 0 Å². The van der Waals surface area contributed by atoms with Crippen molar-refractivity contribution in [3.63, 3.8) is 0 Å². The zero-order valence-corrected chi connectivity index (χ0v) is 10.7. The molecule has 1 aromatic carbocycles. The van der Waals surface area contributed by atoms with E-state index in [-0.39, 0.29) is 0 Å². The Kier molecular flexibility index (Phi) is 4.61. The molecule has 0 saturated heterocycles. The van der Waals surface area contributed by atoms with Crippen LogP contribution in [0.1, 0.15) is 12.5 Å².